The van der Waals surface area contributed by atoms with Crippen molar-refractivity contribution in [2.24, 2.45) is 0 Å². The van der Waals surface area contributed by atoms with Crippen molar-refractivity contribution in [3.63, 3.8) is 0 Å². The standard InChI is InChI=1S/C15H19N3OS/c1-2-5-13(6-3-1)19-11-15-18-17-14(20-15)7-4-10-16-12-8-9-12/h1-3,5-6,12,16H,4,7-11H2. The quantitative estimate of drug-likeness (QED) is 0.759. The highest BCUT2D eigenvalue weighted by atomic mass is 32.1. The van der Waals surface area contributed by atoms with Crippen molar-refractivity contribution >= 4 is 11.3 Å². The van der Waals surface area contributed by atoms with Crippen molar-refractivity contribution in [3.8, 4) is 5.75 Å². The Morgan fingerprint density at radius 2 is 1.95 bits per heavy atom. The average Bonchev–Trinajstić information content (AvgIpc) is 3.21. The highest BCUT2D eigenvalue weighted by Gasteiger charge is 2.19. The van der Waals surface area contributed by atoms with Gasteiger partial charge in [-0.25, -0.2) is 0 Å². The van der Waals surface area contributed by atoms with Gasteiger partial charge in [-0.3, -0.25) is 0 Å². The van der Waals surface area contributed by atoms with E-state index in [1.807, 2.05) is 30.3 Å². The fraction of sp³-hybridized carbons (Fsp3) is 0.467. The molecule has 5 heteroatoms. The minimum absolute atomic E-state index is 0.502. The maximum absolute atomic E-state index is 5.67. The molecule has 0 aliphatic heterocycles. The minimum atomic E-state index is 0.502. The number of aryl methyl sites for hydroxylation is 1. The summed E-state index contributed by atoms with van der Waals surface area (Å²) in [6.07, 6.45) is 4.83. The summed E-state index contributed by atoms with van der Waals surface area (Å²) in [7, 11) is 0. The van der Waals surface area contributed by atoms with E-state index in [-0.39, 0.29) is 0 Å². The monoisotopic (exact) mass is 289 g/mol. The number of nitrogens with one attached hydrogen (secondary N) is 1. The first-order valence-electron chi connectivity index (χ1n) is 7.12. The number of hydrogen-bond acceptors (Lipinski definition) is 5. The zero-order valence-electron chi connectivity index (χ0n) is 11.4. The van der Waals surface area contributed by atoms with E-state index < -0.39 is 0 Å². The van der Waals surface area contributed by atoms with Crippen LogP contribution in [0.3, 0.4) is 0 Å². The van der Waals surface area contributed by atoms with Crippen molar-refractivity contribution in [3.05, 3.63) is 40.3 Å². The zero-order valence-corrected chi connectivity index (χ0v) is 12.2. The van der Waals surface area contributed by atoms with E-state index in [0.29, 0.717) is 6.61 Å². The van der Waals surface area contributed by atoms with Crippen molar-refractivity contribution in [1.29, 1.82) is 0 Å². The van der Waals surface area contributed by atoms with Gasteiger partial charge >= 0.3 is 0 Å². The summed E-state index contributed by atoms with van der Waals surface area (Å²) in [4.78, 5) is 0. The summed E-state index contributed by atoms with van der Waals surface area (Å²) in [5.74, 6) is 0.873. The highest BCUT2D eigenvalue weighted by molar-refractivity contribution is 7.11. The third-order valence-electron chi connectivity index (χ3n) is 3.19. The summed E-state index contributed by atoms with van der Waals surface area (Å²) >= 11 is 1.65. The lowest BCUT2D eigenvalue weighted by atomic mass is 10.3. The van der Waals surface area contributed by atoms with Crippen LogP contribution in [0.25, 0.3) is 0 Å². The van der Waals surface area contributed by atoms with E-state index in [2.05, 4.69) is 15.5 Å². The van der Waals surface area contributed by atoms with Crippen LogP contribution in [-0.2, 0) is 13.0 Å². The molecule has 106 valence electrons. The number of benzene rings is 1. The molecule has 20 heavy (non-hydrogen) atoms. The topological polar surface area (TPSA) is 47.0 Å². The number of aromatic nitrogens is 2. The molecule has 0 amide bonds. The second-order valence-electron chi connectivity index (χ2n) is 5.02. The number of hydrogen-bond donors (Lipinski definition) is 1. The normalized spacial score (nSPS) is 14.4. The Balaban J connectivity index is 1.39. The average molecular weight is 289 g/mol. The van der Waals surface area contributed by atoms with Gasteiger partial charge in [-0.15, -0.1) is 10.2 Å². The molecule has 1 N–H and O–H groups in total. The molecule has 0 bridgehead atoms. The summed E-state index contributed by atoms with van der Waals surface area (Å²) in [6, 6.07) is 10.6. The first kappa shape index (κ1) is 13.5. The smallest absolute Gasteiger partial charge is 0.155 e. The molecule has 4 nitrogen and oxygen atoms in total. The fourth-order valence-electron chi connectivity index (χ4n) is 1.94. The van der Waals surface area contributed by atoms with Crippen LogP contribution in [0.15, 0.2) is 30.3 Å². The Kier molecular flexibility index (Phi) is 4.61. The van der Waals surface area contributed by atoms with Crippen LogP contribution in [-0.4, -0.2) is 22.8 Å². The SMILES string of the molecule is c1ccc(OCc2nnc(CCCNC3CC3)s2)cc1. The Morgan fingerprint density at radius 1 is 1.15 bits per heavy atom. The number of rotatable bonds is 8. The number of para-hydroxylation sites is 1. The molecule has 0 radical (unpaired) electrons. The van der Waals surface area contributed by atoms with Crippen molar-refractivity contribution in [2.75, 3.05) is 6.54 Å². The molecule has 1 aliphatic carbocycles. The molecule has 1 saturated carbocycles. The number of ether oxygens (including phenoxy) is 1. The first-order valence-corrected chi connectivity index (χ1v) is 7.94. The maximum Gasteiger partial charge on any atom is 0.155 e. The molecule has 0 saturated heterocycles. The van der Waals surface area contributed by atoms with Gasteiger partial charge in [-0.2, -0.15) is 0 Å². The van der Waals surface area contributed by atoms with Gasteiger partial charge in [0.1, 0.15) is 17.4 Å². The number of nitrogens with zero attached hydrogens (tertiary/aromatic N) is 2. The molecule has 0 unspecified atom stereocenters. The van der Waals surface area contributed by atoms with Gasteiger partial charge in [0.2, 0.25) is 0 Å². The van der Waals surface area contributed by atoms with Crippen molar-refractivity contribution < 1.29 is 4.74 Å². The second-order valence-corrected chi connectivity index (χ2v) is 6.17. The highest BCUT2D eigenvalue weighted by Crippen LogP contribution is 2.19. The minimum Gasteiger partial charge on any atom is -0.486 e. The lowest BCUT2D eigenvalue weighted by Crippen LogP contribution is -2.17. The van der Waals surface area contributed by atoms with Gasteiger partial charge in [0.15, 0.2) is 5.01 Å². The first-order chi connectivity index (χ1) is 9.90. The van der Waals surface area contributed by atoms with Gasteiger partial charge < -0.3 is 10.1 Å². The summed E-state index contributed by atoms with van der Waals surface area (Å²) in [5, 5.41) is 14.0. The lowest BCUT2D eigenvalue weighted by molar-refractivity contribution is 0.304. The third kappa shape index (κ3) is 4.28. The zero-order chi connectivity index (χ0) is 13.6. The molecule has 2 aromatic rings. The van der Waals surface area contributed by atoms with Crippen LogP contribution in [0.4, 0.5) is 0 Å². The summed E-state index contributed by atoms with van der Waals surface area (Å²) < 4.78 is 5.67. The molecule has 1 aliphatic rings. The van der Waals surface area contributed by atoms with E-state index in [0.717, 1.165) is 41.2 Å². The van der Waals surface area contributed by atoms with Crippen LogP contribution in [0.1, 0.15) is 29.3 Å². The van der Waals surface area contributed by atoms with Crippen molar-refractivity contribution in [1.82, 2.24) is 15.5 Å². The van der Waals surface area contributed by atoms with E-state index in [4.69, 9.17) is 4.74 Å². The Bertz CT molecular complexity index is 525. The van der Waals surface area contributed by atoms with Gasteiger partial charge in [0.25, 0.3) is 0 Å². The Hall–Kier alpha value is -1.46. The van der Waals surface area contributed by atoms with Crippen LogP contribution >= 0.6 is 11.3 Å². The molecule has 1 aromatic carbocycles. The second kappa shape index (κ2) is 6.81. The Morgan fingerprint density at radius 3 is 2.75 bits per heavy atom. The Labute approximate surface area is 123 Å². The van der Waals surface area contributed by atoms with Crippen LogP contribution in [0.2, 0.25) is 0 Å². The van der Waals surface area contributed by atoms with Crippen molar-refractivity contribution in [2.45, 2.75) is 38.3 Å². The molecular formula is C15H19N3OS. The predicted octanol–water partition coefficient (Wildman–Crippen LogP) is 2.80. The maximum atomic E-state index is 5.67. The molecular weight excluding hydrogens is 270 g/mol. The van der Waals surface area contributed by atoms with Gasteiger partial charge in [-0.1, -0.05) is 29.5 Å². The largest absolute Gasteiger partial charge is 0.486 e. The van der Waals surface area contributed by atoms with Crippen LogP contribution in [0, 0.1) is 0 Å². The van der Waals surface area contributed by atoms with E-state index in [9.17, 15) is 0 Å². The lowest BCUT2D eigenvalue weighted by Gasteiger charge is -2.02. The predicted molar refractivity (Wildman–Crippen MR) is 80.0 cm³/mol. The molecule has 1 heterocycles. The van der Waals surface area contributed by atoms with Gasteiger partial charge in [0.05, 0.1) is 0 Å². The van der Waals surface area contributed by atoms with Crippen LogP contribution in [0.5, 0.6) is 5.75 Å². The van der Waals surface area contributed by atoms with Crippen LogP contribution < -0.4 is 10.1 Å². The molecule has 1 aromatic heterocycles. The van der Waals surface area contributed by atoms with Gasteiger partial charge in [0, 0.05) is 12.5 Å². The van der Waals surface area contributed by atoms with E-state index in [1.54, 1.807) is 11.3 Å². The van der Waals surface area contributed by atoms with E-state index in [1.165, 1.54) is 12.8 Å². The van der Waals surface area contributed by atoms with E-state index >= 15 is 0 Å². The van der Waals surface area contributed by atoms with Gasteiger partial charge in [-0.05, 0) is 37.9 Å². The molecule has 3 rings (SSSR count). The summed E-state index contributed by atoms with van der Waals surface area (Å²) in [6.45, 7) is 1.59. The summed E-state index contributed by atoms with van der Waals surface area (Å²) in [5.41, 5.74) is 0. The third-order valence-corrected chi connectivity index (χ3v) is 4.15. The molecule has 1 fully saturated rings. The molecule has 0 atom stereocenters. The molecule has 0 spiro atoms. The fourth-order valence-corrected chi connectivity index (χ4v) is 2.74.